The van der Waals surface area contributed by atoms with Gasteiger partial charge in [0.25, 0.3) is 0 Å². The van der Waals surface area contributed by atoms with Crippen LogP contribution in [0.4, 0.5) is 0 Å². The average Bonchev–Trinajstić information content (AvgIpc) is 2.82. The van der Waals surface area contributed by atoms with E-state index in [9.17, 15) is 4.79 Å². The van der Waals surface area contributed by atoms with Gasteiger partial charge in [-0.05, 0) is 24.5 Å². The van der Waals surface area contributed by atoms with Crippen molar-refractivity contribution in [2.24, 2.45) is 5.92 Å². The Balaban J connectivity index is 2.59. The number of alkyl halides is 1. The summed E-state index contributed by atoms with van der Waals surface area (Å²) in [5, 5.41) is 0. The molecule has 0 N–H and O–H groups in total. The molecule has 0 aliphatic carbocycles. The molecule has 0 amide bonds. The van der Waals surface area contributed by atoms with Crippen LogP contribution in [0.15, 0.2) is 24.3 Å². The normalized spacial score (nSPS) is 12.8. The van der Waals surface area contributed by atoms with Crippen LogP contribution in [0.25, 0.3) is 11.0 Å². The second-order valence-corrected chi connectivity index (χ2v) is 5.46. The highest BCUT2D eigenvalue weighted by Crippen LogP contribution is 2.27. The highest BCUT2D eigenvalue weighted by molar-refractivity contribution is 6.16. The fourth-order valence-electron chi connectivity index (χ4n) is 2.43. The minimum atomic E-state index is -0.388. The Hall–Kier alpha value is -1.55. The number of nitrogens with zero attached hydrogens (tertiary/aromatic N) is 2. The summed E-state index contributed by atoms with van der Waals surface area (Å²) < 4.78 is 6.87. The predicted octanol–water partition coefficient (Wildman–Crippen LogP) is 3.54. The number of methoxy groups -OCH3 is 1. The number of para-hydroxylation sites is 2. The molecule has 0 aliphatic rings. The molecule has 0 saturated carbocycles. The van der Waals surface area contributed by atoms with Gasteiger partial charge in [0.2, 0.25) is 0 Å². The molecule has 20 heavy (non-hydrogen) atoms. The second-order valence-electron chi connectivity index (χ2n) is 5.19. The van der Waals surface area contributed by atoms with E-state index < -0.39 is 0 Å². The molecule has 1 aromatic carbocycles. The SMILES string of the molecule is COC(=O)C(CC(C)C)n1c(CCl)nc2ccccc21. The Bertz CT molecular complexity index is 607. The highest BCUT2D eigenvalue weighted by atomic mass is 35.5. The summed E-state index contributed by atoms with van der Waals surface area (Å²) in [6.45, 7) is 4.16. The van der Waals surface area contributed by atoms with Crippen molar-refractivity contribution in [3.05, 3.63) is 30.1 Å². The molecule has 1 heterocycles. The first-order valence-corrected chi connectivity index (χ1v) is 7.21. The van der Waals surface area contributed by atoms with Gasteiger partial charge in [-0.2, -0.15) is 0 Å². The molecular formula is C15H19ClN2O2. The molecule has 1 atom stereocenters. The van der Waals surface area contributed by atoms with Crippen molar-refractivity contribution in [1.29, 1.82) is 0 Å². The van der Waals surface area contributed by atoms with E-state index in [-0.39, 0.29) is 17.9 Å². The lowest BCUT2D eigenvalue weighted by molar-refractivity contribution is -0.145. The third kappa shape index (κ3) is 2.80. The van der Waals surface area contributed by atoms with Crippen LogP contribution >= 0.6 is 11.6 Å². The van der Waals surface area contributed by atoms with Crippen molar-refractivity contribution in [2.75, 3.05) is 7.11 Å². The number of carbonyl (C=O) groups is 1. The van der Waals surface area contributed by atoms with Crippen molar-refractivity contribution in [3.8, 4) is 0 Å². The Morgan fingerprint density at radius 2 is 2.10 bits per heavy atom. The number of hydrogen-bond donors (Lipinski definition) is 0. The number of halogens is 1. The summed E-state index contributed by atoms with van der Waals surface area (Å²) in [6.07, 6.45) is 0.691. The summed E-state index contributed by atoms with van der Waals surface area (Å²) in [7, 11) is 1.41. The van der Waals surface area contributed by atoms with Crippen molar-refractivity contribution in [3.63, 3.8) is 0 Å². The van der Waals surface area contributed by atoms with E-state index in [0.29, 0.717) is 18.2 Å². The molecule has 1 unspecified atom stereocenters. The van der Waals surface area contributed by atoms with Gasteiger partial charge in [0.15, 0.2) is 0 Å². The summed E-state index contributed by atoms with van der Waals surface area (Å²) in [5.74, 6) is 1.07. The van der Waals surface area contributed by atoms with Gasteiger partial charge in [-0.15, -0.1) is 11.6 Å². The molecule has 2 aromatic rings. The van der Waals surface area contributed by atoms with Crippen molar-refractivity contribution in [2.45, 2.75) is 32.2 Å². The monoisotopic (exact) mass is 294 g/mol. The van der Waals surface area contributed by atoms with Crippen LogP contribution in [0.1, 0.15) is 32.1 Å². The molecule has 0 fully saturated rings. The first-order valence-electron chi connectivity index (χ1n) is 6.68. The van der Waals surface area contributed by atoms with E-state index in [4.69, 9.17) is 16.3 Å². The third-order valence-corrected chi connectivity index (χ3v) is 3.51. The van der Waals surface area contributed by atoms with Crippen LogP contribution in [0.3, 0.4) is 0 Å². The highest BCUT2D eigenvalue weighted by Gasteiger charge is 2.26. The standard InChI is InChI=1S/C15H19ClN2O2/c1-10(2)8-13(15(19)20-3)18-12-7-5-4-6-11(12)17-14(18)9-16/h4-7,10,13H,8-9H2,1-3H3. The number of ether oxygens (including phenoxy) is 1. The van der Waals surface area contributed by atoms with Gasteiger partial charge in [0.05, 0.1) is 24.0 Å². The maximum Gasteiger partial charge on any atom is 0.328 e. The smallest absolute Gasteiger partial charge is 0.328 e. The summed E-state index contributed by atoms with van der Waals surface area (Å²) >= 11 is 6.00. The van der Waals surface area contributed by atoms with Crippen LogP contribution in [0.5, 0.6) is 0 Å². The molecule has 0 aliphatic heterocycles. The number of esters is 1. The zero-order valence-corrected chi connectivity index (χ0v) is 12.7. The quantitative estimate of drug-likeness (QED) is 0.626. The number of rotatable bonds is 5. The Morgan fingerprint density at radius 1 is 1.40 bits per heavy atom. The molecule has 2 rings (SSSR count). The van der Waals surface area contributed by atoms with Gasteiger partial charge in [-0.25, -0.2) is 9.78 Å². The maximum absolute atomic E-state index is 12.1. The number of hydrogen-bond acceptors (Lipinski definition) is 3. The number of aromatic nitrogens is 2. The largest absolute Gasteiger partial charge is 0.467 e. The fraction of sp³-hybridized carbons (Fsp3) is 0.467. The van der Waals surface area contributed by atoms with Crippen molar-refractivity contribution >= 4 is 28.6 Å². The van der Waals surface area contributed by atoms with E-state index in [0.717, 1.165) is 11.0 Å². The number of imidazole rings is 1. The molecule has 0 radical (unpaired) electrons. The Labute approximate surface area is 123 Å². The van der Waals surface area contributed by atoms with Gasteiger partial charge in [0.1, 0.15) is 11.9 Å². The minimum absolute atomic E-state index is 0.256. The second kappa shape index (κ2) is 6.27. The Kier molecular flexibility index (Phi) is 4.65. The third-order valence-electron chi connectivity index (χ3n) is 3.27. The van der Waals surface area contributed by atoms with Crippen LogP contribution < -0.4 is 0 Å². The Morgan fingerprint density at radius 3 is 2.70 bits per heavy atom. The predicted molar refractivity (Wildman–Crippen MR) is 79.8 cm³/mol. The summed E-state index contributed by atoms with van der Waals surface area (Å²) in [4.78, 5) is 16.6. The average molecular weight is 295 g/mol. The molecule has 1 aromatic heterocycles. The molecule has 0 spiro atoms. The number of benzene rings is 1. The summed E-state index contributed by atoms with van der Waals surface area (Å²) in [6, 6.07) is 7.34. The van der Waals surface area contributed by atoms with Gasteiger partial charge in [-0.1, -0.05) is 26.0 Å². The summed E-state index contributed by atoms with van der Waals surface area (Å²) in [5.41, 5.74) is 1.76. The zero-order valence-electron chi connectivity index (χ0n) is 12.0. The lowest BCUT2D eigenvalue weighted by atomic mass is 10.0. The molecule has 0 bridgehead atoms. The van der Waals surface area contributed by atoms with Gasteiger partial charge in [0, 0.05) is 0 Å². The van der Waals surface area contributed by atoms with E-state index in [2.05, 4.69) is 18.8 Å². The van der Waals surface area contributed by atoms with E-state index in [1.54, 1.807) is 0 Å². The van der Waals surface area contributed by atoms with Crippen LogP contribution in [-0.2, 0) is 15.4 Å². The van der Waals surface area contributed by atoms with Crippen LogP contribution in [0.2, 0.25) is 0 Å². The maximum atomic E-state index is 12.1. The van der Waals surface area contributed by atoms with E-state index in [1.807, 2.05) is 28.8 Å². The molecule has 5 heteroatoms. The van der Waals surface area contributed by atoms with Gasteiger partial charge in [-0.3, -0.25) is 0 Å². The molecule has 0 saturated heterocycles. The first-order chi connectivity index (χ1) is 9.58. The number of fused-ring (bicyclic) bond motifs is 1. The van der Waals surface area contributed by atoms with Gasteiger partial charge >= 0.3 is 5.97 Å². The lowest BCUT2D eigenvalue weighted by Crippen LogP contribution is -2.24. The van der Waals surface area contributed by atoms with Crippen molar-refractivity contribution < 1.29 is 9.53 Å². The first kappa shape index (κ1) is 14.9. The van der Waals surface area contributed by atoms with E-state index >= 15 is 0 Å². The number of carbonyl (C=O) groups excluding carboxylic acids is 1. The molecule has 108 valence electrons. The fourth-order valence-corrected chi connectivity index (χ4v) is 2.61. The lowest BCUT2D eigenvalue weighted by Gasteiger charge is -2.20. The van der Waals surface area contributed by atoms with Crippen LogP contribution in [0, 0.1) is 5.92 Å². The molecular weight excluding hydrogens is 276 g/mol. The minimum Gasteiger partial charge on any atom is -0.467 e. The van der Waals surface area contributed by atoms with Gasteiger partial charge < -0.3 is 9.30 Å². The van der Waals surface area contributed by atoms with E-state index in [1.165, 1.54) is 7.11 Å². The van der Waals surface area contributed by atoms with Crippen molar-refractivity contribution in [1.82, 2.24) is 9.55 Å². The van der Waals surface area contributed by atoms with Crippen LogP contribution in [-0.4, -0.2) is 22.6 Å². The topological polar surface area (TPSA) is 44.1 Å². The zero-order chi connectivity index (χ0) is 14.7. The molecule has 4 nitrogen and oxygen atoms in total.